The normalized spacial score (nSPS) is 13.9. The predicted molar refractivity (Wildman–Crippen MR) is 56.0 cm³/mol. The van der Waals surface area contributed by atoms with Gasteiger partial charge in [-0.15, -0.1) is 0 Å². The summed E-state index contributed by atoms with van der Waals surface area (Å²) in [5.41, 5.74) is 0.308. The van der Waals surface area contributed by atoms with E-state index in [0.29, 0.717) is 5.56 Å². The van der Waals surface area contributed by atoms with Gasteiger partial charge in [-0.3, -0.25) is 0 Å². The fourth-order valence-corrected chi connectivity index (χ4v) is 1.84. The lowest BCUT2D eigenvalue weighted by atomic mass is 10.1. The lowest BCUT2D eigenvalue weighted by Gasteiger charge is -2.06. The van der Waals surface area contributed by atoms with Crippen molar-refractivity contribution in [2.24, 2.45) is 5.14 Å². The van der Waals surface area contributed by atoms with Gasteiger partial charge in [0, 0.05) is 4.47 Å². The zero-order valence-electron chi connectivity index (χ0n) is 7.15. The van der Waals surface area contributed by atoms with Crippen LogP contribution in [0.2, 0.25) is 0 Å². The quantitative estimate of drug-likeness (QED) is 0.918. The molecule has 0 bridgehead atoms. The van der Waals surface area contributed by atoms with Gasteiger partial charge >= 0.3 is 0 Å². The molecule has 3 nitrogen and oxygen atoms in total. The molecule has 0 aliphatic heterocycles. The van der Waals surface area contributed by atoms with Crippen LogP contribution in [0.5, 0.6) is 0 Å². The minimum Gasteiger partial charge on any atom is -0.241 e. The van der Waals surface area contributed by atoms with Crippen molar-refractivity contribution in [3.05, 3.63) is 34.3 Å². The molecule has 2 N–H and O–H groups in total. The zero-order valence-corrected chi connectivity index (χ0v) is 9.55. The maximum Gasteiger partial charge on any atom is 0.212 e. The van der Waals surface area contributed by atoms with E-state index in [1.165, 1.54) is 12.1 Å². The molecule has 0 saturated carbocycles. The van der Waals surface area contributed by atoms with Crippen LogP contribution in [0.1, 0.15) is 11.7 Å². The Labute approximate surface area is 90.3 Å². The first-order valence-electron chi connectivity index (χ1n) is 3.78. The molecule has 0 aromatic heterocycles. The SMILES string of the molecule is NS(=O)(=O)CC(F)c1ccc(Br)cc1. The molecule has 1 unspecified atom stereocenters. The first-order chi connectivity index (χ1) is 6.38. The molecule has 1 rings (SSSR count). The van der Waals surface area contributed by atoms with Gasteiger partial charge in [-0.1, -0.05) is 28.1 Å². The maximum atomic E-state index is 13.3. The summed E-state index contributed by atoms with van der Waals surface area (Å²) < 4.78 is 35.3. The summed E-state index contributed by atoms with van der Waals surface area (Å²) in [6, 6.07) is 6.32. The third-order valence-electron chi connectivity index (χ3n) is 1.61. The summed E-state index contributed by atoms with van der Waals surface area (Å²) >= 11 is 3.19. The standard InChI is InChI=1S/C8H9BrFNO2S/c9-7-3-1-6(2-4-7)8(10)5-14(11,12)13/h1-4,8H,5H2,(H2,11,12,13). The Morgan fingerprint density at radius 3 is 2.29 bits per heavy atom. The van der Waals surface area contributed by atoms with Crippen molar-refractivity contribution in [1.29, 1.82) is 0 Å². The molecule has 0 fully saturated rings. The van der Waals surface area contributed by atoms with E-state index in [9.17, 15) is 12.8 Å². The molecule has 0 spiro atoms. The summed E-state index contributed by atoms with van der Waals surface area (Å²) in [4.78, 5) is 0. The topological polar surface area (TPSA) is 60.2 Å². The number of sulfonamides is 1. The molecular weight excluding hydrogens is 273 g/mol. The summed E-state index contributed by atoms with van der Waals surface area (Å²) in [5, 5.41) is 4.73. The number of rotatable bonds is 3. The van der Waals surface area contributed by atoms with Gasteiger partial charge < -0.3 is 0 Å². The summed E-state index contributed by atoms with van der Waals surface area (Å²) in [6.07, 6.45) is -1.57. The van der Waals surface area contributed by atoms with Crippen LogP contribution in [0.25, 0.3) is 0 Å². The van der Waals surface area contributed by atoms with Crippen LogP contribution in [0.3, 0.4) is 0 Å². The lowest BCUT2D eigenvalue weighted by molar-refractivity contribution is 0.374. The van der Waals surface area contributed by atoms with E-state index in [4.69, 9.17) is 5.14 Å². The summed E-state index contributed by atoms with van der Waals surface area (Å²) in [7, 11) is -3.77. The molecule has 0 saturated heterocycles. The maximum absolute atomic E-state index is 13.3. The highest BCUT2D eigenvalue weighted by Crippen LogP contribution is 2.20. The number of benzene rings is 1. The third kappa shape index (κ3) is 3.73. The highest BCUT2D eigenvalue weighted by Gasteiger charge is 2.16. The molecule has 0 radical (unpaired) electrons. The largest absolute Gasteiger partial charge is 0.241 e. The lowest BCUT2D eigenvalue weighted by Crippen LogP contribution is -2.19. The van der Waals surface area contributed by atoms with Crippen LogP contribution in [-0.2, 0) is 10.0 Å². The van der Waals surface area contributed by atoms with Crippen molar-refractivity contribution in [3.8, 4) is 0 Å². The fourth-order valence-electron chi connectivity index (χ4n) is 0.972. The second kappa shape index (κ2) is 4.37. The Bertz CT molecular complexity index is 404. The minimum absolute atomic E-state index is 0.308. The molecular formula is C8H9BrFNO2S. The van der Waals surface area contributed by atoms with Gasteiger partial charge in [-0.2, -0.15) is 0 Å². The van der Waals surface area contributed by atoms with Gasteiger partial charge in [0.15, 0.2) is 0 Å². The van der Waals surface area contributed by atoms with Crippen molar-refractivity contribution in [2.45, 2.75) is 6.17 Å². The van der Waals surface area contributed by atoms with Crippen LogP contribution in [0.15, 0.2) is 28.7 Å². The van der Waals surface area contributed by atoms with Crippen molar-refractivity contribution in [2.75, 3.05) is 5.75 Å². The van der Waals surface area contributed by atoms with Crippen LogP contribution in [0, 0.1) is 0 Å². The zero-order chi connectivity index (χ0) is 10.8. The molecule has 0 heterocycles. The molecule has 0 amide bonds. The molecule has 78 valence electrons. The van der Waals surface area contributed by atoms with E-state index in [1.54, 1.807) is 12.1 Å². The second-order valence-corrected chi connectivity index (χ2v) is 5.42. The first kappa shape index (κ1) is 11.6. The van der Waals surface area contributed by atoms with E-state index in [2.05, 4.69) is 15.9 Å². The third-order valence-corrected chi connectivity index (χ3v) is 2.90. The molecule has 0 aliphatic carbocycles. The van der Waals surface area contributed by atoms with E-state index in [1.807, 2.05) is 0 Å². The van der Waals surface area contributed by atoms with E-state index < -0.39 is 21.9 Å². The van der Waals surface area contributed by atoms with Gasteiger partial charge in [-0.25, -0.2) is 17.9 Å². The predicted octanol–water partition coefficient (Wildman–Crippen LogP) is 1.75. The van der Waals surface area contributed by atoms with Crippen LogP contribution >= 0.6 is 15.9 Å². The Kier molecular flexibility index (Phi) is 3.63. The Morgan fingerprint density at radius 2 is 1.86 bits per heavy atom. The molecule has 0 aliphatic rings. The first-order valence-corrected chi connectivity index (χ1v) is 6.29. The summed E-state index contributed by atoms with van der Waals surface area (Å²) in [6.45, 7) is 0. The van der Waals surface area contributed by atoms with Gasteiger partial charge in [0.2, 0.25) is 10.0 Å². The Balaban J connectivity index is 2.80. The van der Waals surface area contributed by atoms with Gasteiger partial charge in [0.05, 0.1) is 5.75 Å². The van der Waals surface area contributed by atoms with E-state index in [-0.39, 0.29) is 0 Å². The summed E-state index contributed by atoms with van der Waals surface area (Å²) in [5.74, 6) is -0.686. The van der Waals surface area contributed by atoms with Crippen molar-refractivity contribution in [3.63, 3.8) is 0 Å². The van der Waals surface area contributed by atoms with Crippen molar-refractivity contribution in [1.82, 2.24) is 0 Å². The molecule has 1 atom stereocenters. The highest BCUT2D eigenvalue weighted by molar-refractivity contribution is 9.10. The molecule has 14 heavy (non-hydrogen) atoms. The fraction of sp³-hybridized carbons (Fsp3) is 0.250. The van der Waals surface area contributed by atoms with Gasteiger partial charge in [0.25, 0.3) is 0 Å². The van der Waals surface area contributed by atoms with Crippen LogP contribution in [0.4, 0.5) is 4.39 Å². The smallest absolute Gasteiger partial charge is 0.212 e. The number of primary sulfonamides is 1. The number of hydrogen-bond acceptors (Lipinski definition) is 2. The van der Waals surface area contributed by atoms with Gasteiger partial charge in [0.1, 0.15) is 6.17 Å². The monoisotopic (exact) mass is 281 g/mol. The number of halogens is 2. The second-order valence-electron chi connectivity index (χ2n) is 2.85. The average Bonchev–Trinajstić information content (AvgIpc) is 2.02. The van der Waals surface area contributed by atoms with Crippen molar-refractivity contribution >= 4 is 26.0 Å². The Hall–Kier alpha value is -0.460. The van der Waals surface area contributed by atoms with Gasteiger partial charge in [-0.05, 0) is 17.7 Å². The number of nitrogens with two attached hydrogens (primary N) is 1. The number of hydrogen-bond donors (Lipinski definition) is 1. The average molecular weight is 282 g/mol. The molecule has 1 aromatic carbocycles. The molecule has 6 heteroatoms. The highest BCUT2D eigenvalue weighted by atomic mass is 79.9. The Morgan fingerprint density at radius 1 is 1.36 bits per heavy atom. The minimum atomic E-state index is -3.77. The molecule has 1 aromatic rings. The van der Waals surface area contributed by atoms with Crippen LogP contribution in [-0.4, -0.2) is 14.2 Å². The van der Waals surface area contributed by atoms with E-state index >= 15 is 0 Å². The van der Waals surface area contributed by atoms with Crippen molar-refractivity contribution < 1.29 is 12.8 Å². The number of alkyl halides is 1. The van der Waals surface area contributed by atoms with Crippen LogP contribution < -0.4 is 5.14 Å². The van der Waals surface area contributed by atoms with E-state index in [0.717, 1.165) is 4.47 Å².